The zero-order chi connectivity index (χ0) is 13.7. The van der Waals surface area contributed by atoms with Crippen molar-refractivity contribution in [2.75, 3.05) is 6.54 Å². The van der Waals surface area contributed by atoms with E-state index in [2.05, 4.69) is 5.32 Å². The molecule has 1 aromatic rings. The van der Waals surface area contributed by atoms with Crippen LogP contribution in [0.2, 0.25) is 0 Å². The highest BCUT2D eigenvalue weighted by atomic mass is 35.5. The van der Waals surface area contributed by atoms with Gasteiger partial charge in [0, 0.05) is 31.0 Å². The van der Waals surface area contributed by atoms with E-state index in [0.717, 1.165) is 6.07 Å². The van der Waals surface area contributed by atoms with Gasteiger partial charge in [-0.15, -0.1) is 12.4 Å². The Kier molecular flexibility index (Phi) is 7.56. The summed E-state index contributed by atoms with van der Waals surface area (Å²) in [6.45, 7) is 3.80. The molecule has 0 aliphatic heterocycles. The summed E-state index contributed by atoms with van der Waals surface area (Å²) in [6, 6.07) is 3.24. The molecule has 0 bridgehead atoms. The molecule has 0 fully saturated rings. The van der Waals surface area contributed by atoms with Crippen molar-refractivity contribution in [1.82, 2.24) is 5.32 Å². The highest BCUT2D eigenvalue weighted by Crippen LogP contribution is 2.19. The Morgan fingerprint density at radius 3 is 2.53 bits per heavy atom. The zero-order valence-electron chi connectivity index (χ0n) is 11.0. The van der Waals surface area contributed by atoms with Crippen LogP contribution in [0.25, 0.3) is 0 Å². The maximum absolute atomic E-state index is 13.5. The maximum atomic E-state index is 13.5. The number of hydrogen-bond donors (Lipinski definition) is 2. The molecule has 0 aliphatic rings. The van der Waals surface area contributed by atoms with Crippen molar-refractivity contribution < 1.29 is 13.6 Å². The third-order valence-corrected chi connectivity index (χ3v) is 2.61. The number of hydrogen-bond acceptors (Lipinski definition) is 2. The van der Waals surface area contributed by atoms with E-state index >= 15 is 0 Å². The summed E-state index contributed by atoms with van der Waals surface area (Å²) in [7, 11) is 0. The molecule has 0 saturated heterocycles. The number of nitrogens with one attached hydrogen (secondary N) is 1. The standard InChI is InChI=1S/C13H18F2N2O.ClH/c1-8(7-17-13(18)5-9(2)16)11-4-3-10(14)6-12(11)15;/h3-4,6,8-9H,5,7,16H2,1-2H3,(H,17,18);1H. The lowest BCUT2D eigenvalue weighted by atomic mass is 10.0. The molecule has 3 N–H and O–H groups in total. The van der Waals surface area contributed by atoms with Gasteiger partial charge in [0.15, 0.2) is 0 Å². The molecule has 0 radical (unpaired) electrons. The number of rotatable bonds is 5. The van der Waals surface area contributed by atoms with Gasteiger partial charge in [-0.05, 0) is 18.6 Å². The molecule has 2 unspecified atom stereocenters. The van der Waals surface area contributed by atoms with Gasteiger partial charge in [0.1, 0.15) is 11.6 Å². The fourth-order valence-electron chi connectivity index (χ4n) is 1.64. The first-order valence-electron chi connectivity index (χ1n) is 5.87. The van der Waals surface area contributed by atoms with E-state index < -0.39 is 11.6 Å². The summed E-state index contributed by atoms with van der Waals surface area (Å²) in [4.78, 5) is 11.4. The minimum atomic E-state index is -0.607. The van der Waals surface area contributed by atoms with Crippen molar-refractivity contribution in [2.45, 2.75) is 32.2 Å². The fraction of sp³-hybridized carbons (Fsp3) is 0.462. The molecule has 108 valence electrons. The van der Waals surface area contributed by atoms with Crippen LogP contribution in [0.1, 0.15) is 31.7 Å². The number of carbonyl (C=O) groups excluding carboxylic acids is 1. The van der Waals surface area contributed by atoms with Gasteiger partial charge in [-0.25, -0.2) is 8.78 Å². The third kappa shape index (κ3) is 5.98. The van der Waals surface area contributed by atoms with Crippen molar-refractivity contribution in [3.63, 3.8) is 0 Å². The van der Waals surface area contributed by atoms with Crippen LogP contribution in [-0.2, 0) is 4.79 Å². The van der Waals surface area contributed by atoms with E-state index in [9.17, 15) is 13.6 Å². The monoisotopic (exact) mass is 292 g/mol. The van der Waals surface area contributed by atoms with E-state index in [0.29, 0.717) is 12.1 Å². The maximum Gasteiger partial charge on any atom is 0.221 e. The van der Waals surface area contributed by atoms with Crippen LogP contribution in [0.3, 0.4) is 0 Å². The molecule has 0 aromatic heterocycles. The van der Waals surface area contributed by atoms with Crippen molar-refractivity contribution in [3.05, 3.63) is 35.4 Å². The van der Waals surface area contributed by atoms with E-state index in [4.69, 9.17) is 5.73 Å². The lowest BCUT2D eigenvalue weighted by Gasteiger charge is -2.14. The number of amides is 1. The van der Waals surface area contributed by atoms with Gasteiger partial charge < -0.3 is 11.1 Å². The molecule has 0 spiro atoms. The highest BCUT2D eigenvalue weighted by Gasteiger charge is 2.13. The largest absolute Gasteiger partial charge is 0.355 e. The van der Waals surface area contributed by atoms with Crippen LogP contribution in [0.4, 0.5) is 8.78 Å². The molecule has 1 rings (SSSR count). The summed E-state index contributed by atoms with van der Waals surface area (Å²) >= 11 is 0. The van der Waals surface area contributed by atoms with Gasteiger partial charge in [0.2, 0.25) is 5.91 Å². The second-order valence-electron chi connectivity index (χ2n) is 4.55. The number of halogens is 3. The summed E-state index contributed by atoms with van der Waals surface area (Å²) in [6.07, 6.45) is 0.235. The molecule has 1 amide bonds. The molecule has 0 heterocycles. The predicted molar refractivity (Wildman–Crippen MR) is 73.3 cm³/mol. The highest BCUT2D eigenvalue weighted by molar-refractivity contribution is 5.85. The molecule has 3 nitrogen and oxygen atoms in total. The Morgan fingerprint density at radius 1 is 1.37 bits per heavy atom. The van der Waals surface area contributed by atoms with Gasteiger partial charge >= 0.3 is 0 Å². The Hall–Kier alpha value is -1.20. The minimum Gasteiger partial charge on any atom is -0.355 e. The topological polar surface area (TPSA) is 55.1 Å². The Morgan fingerprint density at radius 2 is 2.00 bits per heavy atom. The first-order valence-corrected chi connectivity index (χ1v) is 5.87. The predicted octanol–water partition coefficient (Wildman–Crippen LogP) is 2.34. The third-order valence-electron chi connectivity index (χ3n) is 2.61. The molecule has 19 heavy (non-hydrogen) atoms. The van der Waals surface area contributed by atoms with Crippen LogP contribution in [0.5, 0.6) is 0 Å². The lowest BCUT2D eigenvalue weighted by Crippen LogP contribution is -2.32. The molecule has 0 saturated carbocycles. The van der Waals surface area contributed by atoms with Crippen molar-refractivity contribution >= 4 is 18.3 Å². The SMILES string of the molecule is CC(N)CC(=O)NCC(C)c1ccc(F)cc1F.Cl. The van der Waals surface area contributed by atoms with Crippen LogP contribution in [0, 0.1) is 11.6 Å². The first-order chi connectivity index (χ1) is 8.40. The molecular formula is C13H19ClF2N2O. The molecule has 1 aromatic carbocycles. The summed E-state index contributed by atoms with van der Waals surface area (Å²) in [5, 5.41) is 2.67. The Labute approximate surface area is 118 Å². The quantitative estimate of drug-likeness (QED) is 0.875. The van der Waals surface area contributed by atoms with Crippen molar-refractivity contribution in [2.24, 2.45) is 5.73 Å². The summed E-state index contributed by atoms with van der Waals surface area (Å²) in [5.41, 5.74) is 5.88. The van der Waals surface area contributed by atoms with E-state index in [-0.39, 0.29) is 36.7 Å². The van der Waals surface area contributed by atoms with Gasteiger partial charge in [0.25, 0.3) is 0 Å². The Bertz CT molecular complexity index is 427. The van der Waals surface area contributed by atoms with Crippen LogP contribution < -0.4 is 11.1 Å². The van der Waals surface area contributed by atoms with E-state index in [1.807, 2.05) is 0 Å². The number of benzene rings is 1. The lowest BCUT2D eigenvalue weighted by molar-refractivity contribution is -0.121. The average molecular weight is 293 g/mol. The van der Waals surface area contributed by atoms with Crippen molar-refractivity contribution in [3.8, 4) is 0 Å². The van der Waals surface area contributed by atoms with Crippen LogP contribution in [0.15, 0.2) is 18.2 Å². The minimum absolute atomic E-state index is 0. The second kappa shape index (κ2) is 8.07. The van der Waals surface area contributed by atoms with Gasteiger partial charge in [-0.1, -0.05) is 13.0 Å². The summed E-state index contributed by atoms with van der Waals surface area (Å²) in [5.74, 6) is -1.59. The zero-order valence-corrected chi connectivity index (χ0v) is 11.8. The van der Waals surface area contributed by atoms with E-state index in [1.165, 1.54) is 12.1 Å². The number of nitrogens with two attached hydrogens (primary N) is 1. The van der Waals surface area contributed by atoms with Crippen LogP contribution in [-0.4, -0.2) is 18.5 Å². The van der Waals surface area contributed by atoms with Gasteiger partial charge in [-0.2, -0.15) is 0 Å². The normalized spacial score (nSPS) is 13.3. The molecule has 2 atom stereocenters. The summed E-state index contributed by atoms with van der Waals surface area (Å²) < 4.78 is 26.2. The molecule has 6 heteroatoms. The van der Waals surface area contributed by atoms with Gasteiger partial charge in [0.05, 0.1) is 0 Å². The first kappa shape index (κ1) is 17.8. The van der Waals surface area contributed by atoms with E-state index in [1.54, 1.807) is 13.8 Å². The molecule has 0 aliphatic carbocycles. The smallest absolute Gasteiger partial charge is 0.221 e. The van der Waals surface area contributed by atoms with Gasteiger partial charge in [-0.3, -0.25) is 4.79 Å². The van der Waals surface area contributed by atoms with Crippen molar-refractivity contribution in [1.29, 1.82) is 0 Å². The molecular weight excluding hydrogens is 274 g/mol. The van der Waals surface area contributed by atoms with Crippen LogP contribution >= 0.6 is 12.4 Å². The number of carbonyl (C=O) groups is 1. The Balaban J connectivity index is 0.00000324. The second-order valence-corrected chi connectivity index (χ2v) is 4.55. The average Bonchev–Trinajstić information content (AvgIpc) is 2.25. The fourth-order valence-corrected chi connectivity index (χ4v) is 1.64.